The van der Waals surface area contributed by atoms with E-state index in [1.165, 1.54) is 21.8 Å². The molecule has 7 heteroatoms. The first-order valence-electron chi connectivity index (χ1n) is 8.76. The van der Waals surface area contributed by atoms with E-state index in [9.17, 15) is 14.4 Å². The number of thiophene rings is 1. The number of carbonyl (C=O) groups is 3. The highest BCUT2D eigenvalue weighted by Gasteiger charge is 2.22. The molecule has 25 heavy (non-hydrogen) atoms. The van der Waals surface area contributed by atoms with Crippen LogP contribution < -0.4 is 10.6 Å². The molecule has 0 aromatic carbocycles. The SMILES string of the molecule is CCCNC(=O)[C@@H](C)NC(=O)COC(=O)c1cc2c(s1)CC[C@H](C)C2. The lowest BCUT2D eigenvalue weighted by molar-refractivity contribution is -0.130. The third-order valence-corrected chi connectivity index (χ3v) is 5.40. The van der Waals surface area contributed by atoms with Gasteiger partial charge >= 0.3 is 5.97 Å². The maximum atomic E-state index is 12.1. The number of aryl methyl sites for hydroxylation is 1. The molecule has 0 unspecified atom stereocenters. The molecular weight excluding hydrogens is 340 g/mol. The zero-order chi connectivity index (χ0) is 18.4. The quantitative estimate of drug-likeness (QED) is 0.724. The van der Waals surface area contributed by atoms with Crippen molar-refractivity contribution in [3.05, 3.63) is 21.4 Å². The minimum absolute atomic E-state index is 0.249. The summed E-state index contributed by atoms with van der Waals surface area (Å²) in [5.41, 5.74) is 1.22. The zero-order valence-corrected chi connectivity index (χ0v) is 15.8. The number of carbonyl (C=O) groups excluding carboxylic acids is 3. The Hall–Kier alpha value is -1.89. The third-order valence-electron chi connectivity index (χ3n) is 4.18. The van der Waals surface area contributed by atoms with E-state index >= 15 is 0 Å². The van der Waals surface area contributed by atoms with Crippen molar-refractivity contribution in [1.29, 1.82) is 0 Å². The van der Waals surface area contributed by atoms with Gasteiger partial charge in [-0.2, -0.15) is 0 Å². The highest BCUT2D eigenvalue weighted by atomic mass is 32.1. The number of amides is 2. The summed E-state index contributed by atoms with van der Waals surface area (Å²) < 4.78 is 5.08. The molecule has 0 fully saturated rings. The number of esters is 1. The first-order valence-corrected chi connectivity index (χ1v) is 9.58. The molecule has 1 heterocycles. The van der Waals surface area contributed by atoms with Gasteiger partial charge in [0.1, 0.15) is 10.9 Å². The summed E-state index contributed by atoms with van der Waals surface area (Å²) in [7, 11) is 0. The van der Waals surface area contributed by atoms with Crippen molar-refractivity contribution in [2.24, 2.45) is 5.92 Å². The molecule has 0 radical (unpaired) electrons. The molecule has 2 N–H and O–H groups in total. The normalized spacial score (nSPS) is 17.3. The first kappa shape index (κ1) is 19.4. The summed E-state index contributed by atoms with van der Waals surface area (Å²) in [4.78, 5) is 37.5. The highest BCUT2D eigenvalue weighted by molar-refractivity contribution is 7.14. The van der Waals surface area contributed by atoms with Crippen molar-refractivity contribution >= 4 is 29.1 Å². The molecule has 2 rings (SSSR count). The van der Waals surface area contributed by atoms with Crippen molar-refractivity contribution in [3.8, 4) is 0 Å². The minimum Gasteiger partial charge on any atom is -0.451 e. The number of hydrogen-bond donors (Lipinski definition) is 2. The number of fused-ring (bicyclic) bond motifs is 1. The molecule has 0 bridgehead atoms. The first-order chi connectivity index (χ1) is 11.9. The van der Waals surface area contributed by atoms with Gasteiger partial charge in [-0.25, -0.2) is 4.79 Å². The zero-order valence-electron chi connectivity index (χ0n) is 15.0. The number of nitrogens with one attached hydrogen (secondary N) is 2. The van der Waals surface area contributed by atoms with Crippen molar-refractivity contribution in [2.75, 3.05) is 13.2 Å². The smallest absolute Gasteiger partial charge is 0.348 e. The molecule has 0 saturated carbocycles. The van der Waals surface area contributed by atoms with E-state index in [0.29, 0.717) is 17.3 Å². The van der Waals surface area contributed by atoms with E-state index in [4.69, 9.17) is 4.74 Å². The molecule has 0 aliphatic heterocycles. The fourth-order valence-electron chi connectivity index (χ4n) is 2.76. The standard InChI is InChI=1S/C18H26N2O4S/c1-4-7-19-17(22)12(3)20-16(21)10-24-18(23)15-9-13-8-11(2)5-6-14(13)25-15/h9,11-12H,4-8,10H2,1-3H3,(H,19,22)(H,20,21)/t11-,12+/m0/s1. The van der Waals surface area contributed by atoms with Crippen molar-refractivity contribution in [3.63, 3.8) is 0 Å². The molecule has 6 nitrogen and oxygen atoms in total. The summed E-state index contributed by atoms with van der Waals surface area (Å²) in [6.45, 7) is 5.94. The van der Waals surface area contributed by atoms with Gasteiger partial charge in [0.15, 0.2) is 6.61 Å². The van der Waals surface area contributed by atoms with Gasteiger partial charge in [-0.15, -0.1) is 11.3 Å². The van der Waals surface area contributed by atoms with Crippen molar-refractivity contribution in [2.45, 2.75) is 52.5 Å². The molecule has 2 atom stereocenters. The lowest BCUT2D eigenvalue weighted by atomic mass is 9.90. The minimum atomic E-state index is -0.659. The molecule has 0 saturated heterocycles. The molecule has 1 aromatic heterocycles. The van der Waals surface area contributed by atoms with E-state index in [2.05, 4.69) is 17.6 Å². The molecule has 138 valence electrons. The second-order valence-electron chi connectivity index (χ2n) is 6.56. The second-order valence-corrected chi connectivity index (χ2v) is 7.70. The van der Waals surface area contributed by atoms with Crippen LogP contribution in [0.25, 0.3) is 0 Å². The van der Waals surface area contributed by atoms with Crippen LogP contribution in [0.4, 0.5) is 0 Å². The fourth-order valence-corrected chi connectivity index (χ4v) is 3.86. The summed E-state index contributed by atoms with van der Waals surface area (Å²) >= 11 is 1.45. The highest BCUT2D eigenvalue weighted by Crippen LogP contribution is 2.32. The lowest BCUT2D eigenvalue weighted by Crippen LogP contribution is -2.46. The average molecular weight is 366 g/mol. The second kappa shape index (κ2) is 8.99. The Kier molecular flexibility index (Phi) is 6.99. The largest absolute Gasteiger partial charge is 0.451 e. The topological polar surface area (TPSA) is 84.5 Å². The van der Waals surface area contributed by atoms with Crippen molar-refractivity contribution < 1.29 is 19.1 Å². The van der Waals surface area contributed by atoms with E-state index in [-0.39, 0.29) is 12.5 Å². The van der Waals surface area contributed by atoms with Crippen LogP contribution in [0, 0.1) is 5.92 Å². The van der Waals surface area contributed by atoms with Gasteiger partial charge in [0.2, 0.25) is 5.91 Å². The number of ether oxygens (including phenoxy) is 1. The van der Waals surface area contributed by atoms with Crippen LogP contribution in [-0.2, 0) is 27.2 Å². The molecule has 2 amide bonds. The van der Waals surface area contributed by atoms with E-state index < -0.39 is 17.9 Å². The van der Waals surface area contributed by atoms with Crippen LogP contribution in [0.5, 0.6) is 0 Å². The van der Waals surface area contributed by atoms with Crippen LogP contribution in [0.2, 0.25) is 0 Å². The molecule has 0 spiro atoms. The number of rotatable bonds is 7. The average Bonchev–Trinajstić information content (AvgIpc) is 3.00. The molecule has 1 aliphatic carbocycles. The van der Waals surface area contributed by atoms with Gasteiger partial charge < -0.3 is 15.4 Å². The van der Waals surface area contributed by atoms with E-state index in [0.717, 1.165) is 25.7 Å². The summed E-state index contributed by atoms with van der Waals surface area (Å²) in [5, 5.41) is 5.23. The lowest BCUT2D eigenvalue weighted by Gasteiger charge is -2.16. The third kappa shape index (κ3) is 5.56. The van der Waals surface area contributed by atoms with Crippen LogP contribution in [0.1, 0.15) is 53.7 Å². The van der Waals surface area contributed by atoms with Crippen LogP contribution in [-0.4, -0.2) is 37.0 Å². The van der Waals surface area contributed by atoms with Gasteiger partial charge in [0, 0.05) is 11.4 Å². The predicted octanol–water partition coefficient (Wildman–Crippen LogP) is 2.06. The summed E-state index contributed by atoms with van der Waals surface area (Å²) in [5.74, 6) is -0.577. The van der Waals surface area contributed by atoms with Crippen LogP contribution >= 0.6 is 11.3 Å². The Morgan fingerprint density at radius 1 is 1.40 bits per heavy atom. The van der Waals surface area contributed by atoms with E-state index in [1.807, 2.05) is 13.0 Å². The molecular formula is C18H26N2O4S. The predicted molar refractivity (Wildman–Crippen MR) is 96.7 cm³/mol. The van der Waals surface area contributed by atoms with Crippen molar-refractivity contribution in [1.82, 2.24) is 10.6 Å². The van der Waals surface area contributed by atoms with Gasteiger partial charge in [-0.3, -0.25) is 9.59 Å². The van der Waals surface area contributed by atoms with E-state index in [1.54, 1.807) is 6.92 Å². The molecule has 1 aromatic rings. The monoisotopic (exact) mass is 366 g/mol. The number of hydrogen-bond acceptors (Lipinski definition) is 5. The van der Waals surface area contributed by atoms with Crippen LogP contribution in [0.3, 0.4) is 0 Å². The van der Waals surface area contributed by atoms with Gasteiger partial charge in [0.25, 0.3) is 5.91 Å². The Bertz CT molecular complexity index is 641. The Morgan fingerprint density at radius 3 is 2.88 bits per heavy atom. The summed E-state index contributed by atoms with van der Waals surface area (Å²) in [6.07, 6.45) is 3.96. The van der Waals surface area contributed by atoms with Gasteiger partial charge in [-0.05, 0) is 50.2 Å². The Balaban J connectivity index is 1.80. The Morgan fingerprint density at radius 2 is 2.16 bits per heavy atom. The fraction of sp³-hybridized carbons (Fsp3) is 0.611. The maximum Gasteiger partial charge on any atom is 0.348 e. The van der Waals surface area contributed by atoms with Gasteiger partial charge in [0.05, 0.1) is 0 Å². The molecule has 1 aliphatic rings. The summed E-state index contributed by atoms with van der Waals surface area (Å²) in [6, 6.07) is 1.23. The van der Waals surface area contributed by atoms with Gasteiger partial charge in [-0.1, -0.05) is 13.8 Å². The van der Waals surface area contributed by atoms with Crippen LogP contribution in [0.15, 0.2) is 6.07 Å². The maximum absolute atomic E-state index is 12.1. The Labute approximate surface area is 152 Å².